The quantitative estimate of drug-likeness (QED) is 0.509. The summed E-state index contributed by atoms with van der Waals surface area (Å²) < 4.78 is 5.81. The summed E-state index contributed by atoms with van der Waals surface area (Å²) in [4.78, 5) is 11.3. The number of hydrogen-bond donors (Lipinski definition) is 2. The zero-order valence-corrected chi connectivity index (χ0v) is 11.6. The number of rotatable bonds is 4. The van der Waals surface area contributed by atoms with Crippen molar-refractivity contribution in [3.63, 3.8) is 0 Å². The van der Waals surface area contributed by atoms with Gasteiger partial charge in [-0.3, -0.25) is 10.2 Å². The molecular weight excluding hydrogens is 252 g/mol. The van der Waals surface area contributed by atoms with Crippen LogP contribution in [0, 0.1) is 13.8 Å². The van der Waals surface area contributed by atoms with E-state index in [2.05, 4.69) is 18.4 Å². The first-order valence-corrected chi connectivity index (χ1v) is 6.40. The van der Waals surface area contributed by atoms with E-state index in [9.17, 15) is 4.79 Å². The zero-order valence-electron chi connectivity index (χ0n) is 11.6. The number of nitrogen functional groups attached to an aromatic ring is 1. The molecule has 3 N–H and O–H groups in total. The molecule has 1 amide bonds. The van der Waals surface area contributed by atoms with Gasteiger partial charge in [0.1, 0.15) is 12.4 Å². The van der Waals surface area contributed by atoms with Crippen molar-refractivity contribution >= 4 is 5.91 Å². The zero-order chi connectivity index (χ0) is 14.5. The summed E-state index contributed by atoms with van der Waals surface area (Å²) in [6.45, 7) is 4.57. The Morgan fingerprint density at radius 2 is 1.85 bits per heavy atom. The predicted octanol–water partition coefficient (Wildman–Crippen LogP) is 2.49. The third-order valence-electron chi connectivity index (χ3n) is 3.30. The van der Waals surface area contributed by atoms with Gasteiger partial charge in [-0.2, -0.15) is 0 Å². The fourth-order valence-electron chi connectivity index (χ4n) is 1.88. The minimum Gasteiger partial charge on any atom is -0.489 e. The summed E-state index contributed by atoms with van der Waals surface area (Å²) in [5.74, 6) is 5.67. The highest BCUT2D eigenvalue weighted by molar-refractivity contribution is 5.93. The largest absolute Gasteiger partial charge is 0.489 e. The molecule has 0 unspecified atom stereocenters. The van der Waals surface area contributed by atoms with Gasteiger partial charge in [0, 0.05) is 5.56 Å². The molecule has 104 valence electrons. The van der Waals surface area contributed by atoms with Crippen molar-refractivity contribution in [2.75, 3.05) is 0 Å². The number of carbonyl (C=O) groups is 1. The molecule has 0 aliphatic rings. The summed E-state index contributed by atoms with van der Waals surface area (Å²) in [6.07, 6.45) is 0. The molecule has 20 heavy (non-hydrogen) atoms. The van der Waals surface area contributed by atoms with Gasteiger partial charge in [0.05, 0.1) is 0 Å². The van der Waals surface area contributed by atoms with Crippen LogP contribution in [0.1, 0.15) is 27.0 Å². The third kappa shape index (κ3) is 3.16. The summed E-state index contributed by atoms with van der Waals surface area (Å²) in [6, 6.07) is 13.2. The second-order valence-corrected chi connectivity index (χ2v) is 4.66. The average Bonchev–Trinajstić information content (AvgIpc) is 2.48. The number of hydrogen-bond acceptors (Lipinski definition) is 3. The molecule has 4 nitrogen and oxygen atoms in total. The van der Waals surface area contributed by atoms with Gasteiger partial charge in [0.15, 0.2) is 0 Å². The molecule has 0 aliphatic carbocycles. The highest BCUT2D eigenvalue weighted by Crippen LogP contribution is 2.21. The Morgan fingerprint density at radius 1 is 1.15 bits per heavy atom. The average molecular weight is 270 g/mol. The van der Waals surface area contributed by atoms with Gasteiger partial charge < -0.3 is 4.74 Å². The molecule has 0 aromatic heterocycles. The van der Waals surface area contributed by atoms with E-state index in [1.54, 1.807) is 12.1 Å². The highest BCUT2D eigenvalue weighted by atomic mass is 16.5. The first kappa shape index (κ1) is 14.1. The fourth-order valence-corrected chi connectivity index (χ4v) is 1.88. The maximum absolute atomic E-state index is 11.3. The third-order valence-corrected chi connectivity index (χ3v) is 3.30. The van der Waals surface area contributed by atoms with Crippen LogP contribution in [-0.4, -0.2) is 5.91 Å². The van der Waals surface area contributed by atoms with Gasteiger partial charge in [0.25, 0.3) is 5.91 Å². The van der Waals surface area contributed by atoms with Crippen LogP contribution in [0.25, 0.3) is 0 Å². The maximum atomic E-state index is 11.3. The van der Waals surface area contributed by atoms with Crippen molar-refractivity contribution in [2.45, 2.75) is 20.5 Å². The molecule has 0 fully saturated rings. The van der Waals surface area contributed by atoms with E-state index in [-0.39, 0.29) is 5.91 Å². The Morgan fingerprint density at radius 3 is 2.50 bits per heavy atom. The van der Waals surface area contributed by atoms with Crippen LogP contribution in [0.5, 0.6) is 5.75 Å². The molecule has 0 saturated carbocycles. The first-order valence-electron chi connectivity index (χ1n) is 6.40. The van der Waals surface area contributed by atoms with Gasteiger partial charge in [-0.15, -0.1) is 0 Å². The predicted molar refractivity (Wildman–Crippen MR) is 78.3 cm³/mol. The molecule has 0 spiro atoms. The van der Waals surface area contributed by atoms with Crippen LogP contribution >= 0.6 is 0 Å². The molecule has 0 bridgehead atoms. The Bertz CT molecular complexity index is 606. The molecule has 4 heteroatoms. The van der Waals surface area contributed by atoms with Crippen molar-refractivity contribution in [3.8, 4) is 5.75 Å². The van der Waals surface area contributed by atoms with Gasteiger partial charge in [-0.25, -0.2) is 5.84 Å². The molecule has 0 radical (unpaired) electrons. The second-order valence-electron chi connectivity index (χ2n) is 4.66. The topological polar surface area (TPSA) is 64.3 Å². The lowest BCUT2D eigenvalue weighted by Crippen LogP contribution is -2.29. The van der Waals surface area contributed by atoms with Crippen LogP contribution in [0.3, 0.4) is 0 Å². The molecule has 2 aromatic rings. The number of amides is 1. The Balaban J connectivity index is 2.04. The molecule has 0 aliphatic heterocycles. The van der Waals surface area contributed by atoms with Crippen molar-refractivity contribution in [1.29, 1.82) is 0 Å². The van der Waals surface area contributed by atoms with Crippen LogP contribution in [0.15, 0.2) is 42.5 Å². The Labute approximate surface area is 118 Å². The molecular formula is C16H18N2O2. The van der Waals surface area contributed by atoms with E-state index in [1.807, 2.05) is 31.2 Å². The lowest BCUT2D eigenvalue weighted by atomic mass is 10.1. The maximum Gasteiger partial charge on any atom is 0.265 e. The molecule has 0 saturated heterocycles. The first-order chi connectivity index (χ1) is 9.61. The lowest BCUT2D eigenvalue weighted by Gasteiger charge is -2.11. The monoisotopic (exact) mass is 270 g/mol. The molecule has 2 aromatic carbocycles. The van der Waals surface area contributed by atoms with Crippen LogP contribution in [0.2, 0.25) is 0 Å². The smallest absolute Gasteiger partial charge is 0.265 e. The van der Waals surface area contributed by atoms with Gasteiger partial charge >= 0.3 is 0 Å². The van der Waals surface area contributed by atoms with Gasteiger partial charge in [-0.05, 0) is 48.7 Å². The van der Waals surface area contributed by atoms with Gasteiger partial charge in [-0.1, -0.05) is 24.3 Å². The van der Waals surface area contributed by atoms with Crippen LogP contribution < -0.4 is 16.0 Å². The van der Waals surface area contributed by atoms with E-state index in [0.29, 0.717) is 12.2 Å². The number of ether oxygens (including phenoxy) is 1. The van der Waals surface area contributed by atoms with E-state index in [4.69, 9.17) is 10.6 Å². The molecule has 0 heterocycles. The standard InChI is InChI=1S/C16H18N2O2/c1-11-4-3-5-15(12(11)2)20-10-13-6-8-14(9-7-13)16(19)18-17/h3-9H,10,17H2,1-2H3,(H,18,19). The number of hydrazine groups is 1. The summed E-state index contributed by atoms with van der Waals surface area (Å²) >= 11 is 0. The Hall–Kier alpha value is -2.33. The number of benzene rings is 2. The summed E-state index contributed by atoms with van der Waals surface area (Å²) in [5.41, 5.74) is 5.98. The van der Waals surface area contributed by atoms with Crippen molar-refractivity contribution in [3.05, 3.63) is 64.7 Å². The lowest BCUT2D eigenvalue weighted by molar-refractivity contribution is 0.0953. The highest BCUT2D eigenvalue weighted by Gasteiger charge is 2.04. The Kier molecular flexibility index (Phi) is 4.38. The number of nitrogens with one attached hydrogen (secondary N) is 1. The van der Waals surface area contributed by atoms with Crippen LogP contribution in [-0.2, 0) is 6.61 Å². The normalized spacial score (nSPS) is 10.2. The fraction of sp³-hybridized carbons (Fsp3) is 0.188. The van der Waals surface area contributed by atoms with E-state index in [0.717, 1.165) is 16.9 Å². The minimum atomic E-state index is -0.299. The summed E-state index contributed by atoms with van der Waals surface area (Å²) in [5, 5.41) is 0. The molecule has 2 rings (SSSR count). The number of aryl methyl sites for hydroxylation is 1. The van der Waals surface area contributed by atoms with E-state index >= 15 is 0 Å². The second kappa shape index (κ2) is 6.21. The van der Waals surface area contributed by atoms with E-state index in [1.165, 1.54) is 5.56 Å². The van der Waals surface area contributed by atoms with E-state index < -0.39 is 0 Å². The molecule has 0 atom stereocenters. The minimum absolute atomic E-state index is 0.299. The summed E-state index contributed by atoms with van der Waals surface area (Å²) in [7, 11) is 0. The van der Waals surface area contributed by atoms with Crippen molar-refractivity contribution in [1.82, 2.24) is 5.43 Å². The van der Waals surface area contributed by atoms with Crippen molar-refractivity contribution < 1.29 is 9.53 Å². The van der Waals surface area contributed by atoms with Crippen LogP contribution in [0.4, 0.5) is 0 Å². The van der Waals surface area contributed by atoms with Crippen molar-refractivity contribution in [2.24, 2.45) is 5.84 Å². The van der Waals surface area contributed by atoms with Gasteiger partial charge in [0.2, 0.25) is 0 Å². The SMILES string of the molecule is Cc1cccc(OCc2ccc(C(=O)NN)cc2)c1C. The number of carbonyl (C=O) groups excluding carboxylic acids is 1. The number of nitrogens with two attached hydrogens (primary N) is 1.